The zero-order valence-corrected chi connectivity index (χ0v) is 14.4. The maximum atomic E-state index is 12.8. The summed E-state index contributed by atoms with van der Waals surface area (Å²) in [7, 11) is 1.68. The monoisotopic (exact) mass is 323 g/mol. The molecular weight excluding hydrogens is 298 g/mol. The van der Waals surface area contributed by atoms with Gasteiger partial charge in [0.25, 0.3) is 0 Å². The van der Waals surface area contributed by atoms with Crippen LogP contribution in [0.3, 0.4) is 0 Å². The number of Topliss-reactive ketones (excluding diaryl/α,β-unsaturated/α-hetero) is 1. The van der Waals surface area contributed by atoms with Crippen LogP contribution in [0.2, 0.25) is 0 Å². The number of carbonyl (C=O) groups excluding carboxylic acids is 1. The molecule has 126 valence electrons. The molecule has 0 saturated carbocycles. The maximum absolute atomic E-state index is 12.8. The molecule has 1 fully saturated rings. The van der Waals surface area contributed by atoms with Crippen molar-refractivity contribution in [1.29, 1.82) is 0 Å². The van der Waals surface area contributed by atoms with E-state index >= 15 is 0 Å². The number of benzene rings is 2. The van der Waals surface area contributed by atoms with Crippen molar-refractivity contribution in [3.05, 3.63) is 65.7 Å². The Balaban J connectivity index is 1.76. The lowest BCUT2D eigenvalue weighted by molar-refractivity contribution is -0.128. The van der Waals surface area contributed by atoms with Gasteiger partial charge in [0.15, 0.2) is 0 Å². The summed E-state index contributed by atoms with van der Waals surface area (Å²) in [6, 6.07) is 18.4. The van der Waals surface area contributed by atoms with Crippen LogP contribution in [0.25, 0.3) is 0 Å². The van der Waals surface area contributed by atoms with Gasteiger partial charge in [-0.05, 0) is 29.7 Å². The number of carbonyl (C=O) groups is 1. The summed E-state index contributed by atoms with van der Waals surface area (Å²) in [5, 5.41) is 0. The van der Waals surface area contributed by atoms with Gasteiger partial charge in [0, 0.05) is 25.6 Å². The van der Waals surface area contributed by atoms with Gasteiger partial charge in [-0.25, -0.2) is 0 Å². The fourth-order valence-corrected chi connectivity index (χ4v) is 3.51. The molecule has 3 rings (SSSR count). The van der Waals surface area contributed by atoms with Crippen molar-refractivity contribution in [3.8, 4) is 5.75 Å². The third kappa shape index (κ3) is 3.68. The minimum absolute atomic E-state index is 0.0110. The van der Waals surface area contributed by atoms with Gasteiger partial charge in [0.1, 0.15) is 11.5 Å². The van der Waals surface area contributed by atoms with Gasteiger partial charge < -0.3 is 4.74 Å². The van der Waals surface area contributed by atoms with Crippen molar-refractivity contribution in [2.24, 2.45) is 5.92 Å². The van der Waals surface area contributed by atoms with E-state index in [9.17, 15) is 4.79 Å². The molecule has 0 amide bonds. The fourth-order valence-electron chi connectivity index (χ4n) is 3.51. The zero-order valence-electron chi connectivity index (χ0n) is 14.4. The Morgan fingerprint density at radius 3 is 2.38 bits per heavy atom. The molecule has 24 heavy (non-hydrogen) atoms. The average Bonchev–Trinajstić information content (AvgIpc) is 2.64. The number of nitrogens with zero attached hydrogens (tertiary/aromatic N) is 1. The standard InChI is InChI=1S/C21H25NO2/c1-3-17-14-22(13-16-9-11-19(24-2)12-10-16)15-20(21(17)23)18-7-5-4-6-8-18/h4-12,17,20H,3,13-15H2,1-2H3. The van der Waals surface area contributed by atoms with E-state index in [1.165, 1.54) is 5.56 Å². The van der Waals surface area contributed by atoms with Crippen LogP contribution in [0.4, 0.5) is 0 Å². The average molecular weight is 323 g/mol. The van der Waals surface area contributed by atoms with Gasteiger partial charge in [0.2, 0.25) is 0 Å². The summed E-state index contributed by atoms with van der Waals surface area (Å²) in [6.07, 6.45) is 0.904. The van der Waals surface area contributed by atoms with Crippen molar-refractivity contribution in [2.45, 2.75) is 25.8 Å². The zero-order chi connectivity index (χ0) is 16.9. The Hall–Kier alpha value is -2.13. The Morgan fingerprint density at radius 2 is 1.75 bits per heavy atom. The summed E-state index contributed by atoms with van der Waals surface area (Å²) in [5.41, 5.74) is 2.40. The first kappa shape index (κ1) is 16.7. The number of likely N-dealkylation sites (tertiary alicyclic amines) is 1. The summed E-state index contributed by atoms with van der Waals surface area (Å²) < 4.78 is 5.22. The molecule has 3 heteroatoms. The van der Waals surface area contributed by atoms with Crippen LogP contribution < -0.4 is 4.74 Å². The Morgan fingerprint density at radius 1 is 1.04 bits per heavy atom. The van der Waals surface area contributed by atoms with E-state index in [1.807, 2.05) is 30.3 Å². The molecule has 3 nitrogen and oxygen atoms in total. The lowest BCUT2D eigenvalue weighted by Gasteiger charge is -2.36. The highest BCUT2D eigenvalue weighted by Gasteiger charge is 2.34. The number of ketones is 1. The van der Waals surface area contributed by atoms with Gasteiger partial charge >= 0.3 is 0 Å². The molecule has 1 aliphatic rings. The third-order valence-corrected chi connectivity index (χ3v) is 4.93. The summed E-state index contributed by atoms with van der Waals surface area (Å²) in [6.45, 7) is 4.63. The van der Waals surface area contributed by atoms with Crippen molar-refractivity contribution in [1.82, 2.24) is 4.90 Å². The molecule has 2 aromatic carbocycles. The molecule has 0 bridgehead atoms. The first-order chi connectivity index (χ1) is 11.7. The van der Waals surface area contributed by atoms with Crippen molar-refractivity contribution < 1.29 is 9.53 Å². The second-order valence-electron chi connectivity index (χ2n) is 6.51. The molecule has 0 aliphatic carbocycles. The SMILES string of the molecule is CCC1CN(Cc2ccc(OC)cc2)CC(c2ccccc2)C1=O. The minimum atomic E-state index is -0.0110. The highest BCUT2D eigenvalue weighted by Crippen LogP contribution is 2.29. The van der Waals surface area contributed by atoms with Crippen molar-refractivity contribution >= 4 is 5.78 Å². The Labute approximate surface area is 144 Å². The molecule has 1 heterocycles. The van der Waals surface area contributed by atoms with Gasteiger partial charge in [-0.2, -0.15) is 0 Å². The van der Waals surface area contributed by atoms with Gasteiger partial charge in [-0.3, -0.25) is 9.69 Å². The predicted molar refractivity (Wildman–Crippen MR) is 96.2 cm³/mol. The molecule has 2 aromatic rings. The van der Waals surface area contributed by atoms with Gasteiger partial charge in [0.05, 0.1) is 13.0 Å². The minimum Gasteiger partial charge on any atom is -0.497 e. The highest BCUT2D eigenvalue weighted by molar-refractivity contribution is 5.89. The van der Waals surface area contributed by atoms with E-state index in [0.29, 0.717) is 5.78 Å². The van der Waals surface area contributed by atoms with E-state index < -0.39 is 0 Å². The first-order valence-corrected chi connectivity index (χ1v) is 8.65. The Bertz CT molecular complexity index is 666. The predicted octanol–water partition coefficient (Wildman–Crippen LogP) is 3.89. The van der Waals surface area contributed by atoms with Gasteiger partial charge in [-0.15, -0.1) is 0 Å². The highest BCUT2D eigenvalue weighted by atomic mass is 16.5. The Kier molecular flexibility index (Phi) is 5.31. The molecule has 0 spiro atoms. The molecule has 2 unspecified atom stereocenters. The van der Waals surface area contributed by atoms with Crippen LogP contribution in [-0.4, -0.2) is 30.9 Å². The molecule has 1 aliphatic heterocycles. The summed E-state index contributed by atoms with van der Waals surface area (Å²) in [4.78, 5) is 15.2. The third-order valence-electron chi connectivity index (χ3n) is 4.93. The number of hydrogen-bond acceptors (Lipinski definition) is 3. The maximum Gasteiger partial charge on any atom is 0.145 e. The first-order valence-electron chi connectivity index (χ1n) is 8.65. The van der Waals surface area contributed by atoms with E-state index in [2.05, 4.69) is 36.1 Å². The van der Waals surface area contributed by atoms with Crippen LogP contribution in [0.15, 0.2) is 54.6 Å². The lowest BCUT2D eigenvalue weighted by atomic mass is 9.82. The number of hydrogen-bond donors (Lipinski definition) is 0. The summed E-state index contributed by atoms with van der Waals surface area (Å²) >= 11 is 0. The number of piperidine rings is 1. The van der Waals surface area contributed by atoms with Crippen molar-refractivity contribution in [3.63, 3.8) is 0 Å². The van der Waals surface area contributed by atoms with E-state index in [0.717, 1.165) is 37.4 Å². The van der Waals surface area contributed by atoms with E-state index in [4.69, 9.17) is 4.74 Å². The topological polar surface area (TPSA) is 29.5 Å². The molecule has 1 saturated heterocycles. The van der Waals surface area contributed by atoms with Crippen molar-refractivity contribution in [2.75, 3.05) is 20.2 Å². The van der Waals surface area contributed by atoms with Crippen LogP contribution in [-0.2, 0) is 11.3 Å². The van der Waals surface area contributed by atoms with Crippen LogP contribution in [0, 0.1) is 5.92 Å². The molecule has 0 N–H and O–H groups in total. The lowest BCUT2D eigenvalue weighted by Crippen LogP contribution is -2.45. The number of ether oxygens (including phenoxy) is 1. The normalized spacial score (nSPS) is 21.7. The largest absolute Gasteiger partial charge is 0.497 e. The fraction of sp³-hybridized carbons (Fsp3) is 0.381. The summed E-state index contributed by atoms with van der Waals surface area (Å²) in [5.74, 6) is 1.39. The van der Waals surface area contributed by atoms with Gasteiger partial charge in [-0.1, -0.05) is 49.4 Å². The quantitative estimate of drug-likeness (QED) is 0.836. The number of methoxy groups -OCH3 is 1. The second-order valence-corrected chi connectivity index (χ2v) is 6.51. The smallest absolute Gasteiger partial charge is 0.145 e. The van der Waals surface area contributed by atoms with E-state index in [-0.39, 0.29) is 11.8 Å². The van der Waals surface area contributed by atoms with Crippen LogP contribution in [0.5, 0.6) is 5.75 Å². The molecule has 0 radical (unpaired) electrons. The van der Waals surface area contributed by atoms with E-state index in [1.54, 1.807) is 7.11 Å². The van der Waals surface area contributed by atoms with Crippen LogP contribution >= 0.6 is 0 Å². The second kappa shape index (κ2) is 7.63. The van der Waals surface area contributed by atoms with Crippen LogP contribution in [0.1, 0.15) is 30.4 Å². The number of rotatable bonds is 5. The molecular formula is C21H25NO2. The molecule has 0 aromatic heterocycles. The molecule has 2 atom stereocenters.